The SMILES string of the molecule is Cc1ccc(O)c(CNc2cccc(S(N)(=O)=O)c2C)n1. The number of benzene rings is 1. The minimum Gasteiger partial charge on any atom is -0.506 e. The van der Waals surface area contributed by atoms with Crippen LogP contribution >= 0.6 is 0 Å². The molecule has 21 heavy (non-hydrogen) atoms. The summed E-state index contributed by atoms with van der Waals surface area (Å²) >= 11 is 0. The average Bonchev–Trinajstić information content (AvgIpc) is 2.40. The fourth-order valence-electron chi connectivity index (χ4n) is 2.03. The van der Waals surface area contributed by atoms with Gasteiger partial charge in [-0.15, -0.1) is 0 Å². The van der Waals surface area contributed by atoms with E-state index in [1.807, 2.05) is 6.92 Å². The largest absolute Gasteiger partial charge is 0.506 e. The zero-order valence-corrected chi connectivity index (χ0v) is 12.6. The van der Waals surface area contributed by atoms with Crippen LogP contribution in [-0.2, 0) is 16.6 Å². The predicted molar refractivity (Wildman–Crippen MR) is 80.5 cm³/mol. The molecule has 1 aromatic heterocycles. The Balaban J connectivity index is 2.27. The summed E-state index contributed by atoms with van der Waals surface area (Å²) in [5.74, 6) is 0.0911. The Labute approximate surface area is 123 Å². The fourth-order valence-corrected chi connectivity index (χ4v) is 2.83. The molecule has 0 saturated carbocycles. The van der Waals surface area contributed by atoms with Gasteiger partial charge in [-0.05, 0) is 43.7 Å². The fraction of sp³-hybridized carbons (Fsp3) is 0.214. The monoisotopic (exact) mass is 307 g/mol. The number of sulfonamides is 1. The summed E-state index contributed by atoms with van der Waals surface area (Å²) < 4.78 is 23.0. The number of hydrogen-bond donors (Lipinski definition) is 3. The maximum Gasteiger partial charge on any atom is 0.238 e. The van der Waals surface area contributed by atoms with Crippen molar-refractivity contribution >= 4 is 15.7 Å². The van der Waals surface area contributed by atoms with Gasteiger partial charge in [-0.2, -0.15) is 0 Å². The average molecular weight is 307 g/mol. The van der Waals surface area contributed by atoms with Crippen LogP contribution in [0.1, 0.15) is 17.0 Å². The number of primary sulfonamides is 1. The third kappa shape index (κ3) is 3.50. The number of nitrogens with one attached hydrogen (secondary N) is 1. The number of nitrogens with zero attached hydrogens (tertiary/aromatic N) is 1. The zero-order chi connectivity index (χ0) is 15.6. The summed E-state index contributed by atoms with van der Waals surface area (Å²) in [6, 6.07) is 8.10. The Morgan fingerprint density at radius 2 is 1.95 bits per heavy atom. The van der Waals surface area contributed by atoms with E-state index in [1.165, 1.54) is 6.07 Å². The molecule has 1 aromatic carbocycles. The number of nitrogens with two attached hydrogens (primary N) is 1. The third-order valence-corrected chi connectivity index (χ3v) is 4.18. The summed E-state index contributed by atoms with van der Waals surface area (Å²) in [6.45, 7) is 3.78. The highest BCUT2D eigenvalue weighted by atomic mass is 32.2. The molecule has 2 aromatic rings. The van der Waals surface area contributed by atoms with Crippen LogP contribution in [0.25, 0.3) is 0 Å². The molecule has 0 unspecified atom stereocenters. The lowest BCUT2D eigenvalue weighted by molar-refractivity contribution is 0.464. The van der Waals surface area contributed by atoms with E-state index in [-0.39, 0.29) is 17.2 Å². The summed E-state index contributed by atoms with van der Waals surface area (Å²) in [7, 11) is -3.76. The number of aromatic nitrogens is 1. The molecule has 1 heterocycles. The highest BCUT2D eigenvalue weighted by Gasteiger charge is 2.14. The third-order valence-electron chi connectivity index (χ3n) is 3.13. The van der Waals surface area contributed by atoms with Crippen molar-refractivity contribution in [2.45, 2.75) is 25.3 Å². The first kappa shape index (κ1) is 15.3. The molecule has 6 nitrogen and oxygen atoms in total. The van der Waals surface area contributed by atoms with Crippen LogP contribution in [0.4, 0.5) is 5.69 Å². The number of anilines is 1. The number of rotatable bonds is 4. The molecule has 7 heteroatoms. The van der Waals surface area contributed by atoms with Crippen molar-refractivity contribution in [1.29, 1.82) is 0 Å². The molecule has 0 fully saturated rings. The first-order valence-electron chi connectivity index (χ1n) is 6.31. The van der Waals surface area contributed by atoms with Crippen molar-refractivity contribution in [1.82, 2.24) is 4.98 Å². The molecule has 0 spiro atoms. The van der Waals surface area contributed by atoms with E-state index >= 15 is 0 Å². The minimum atomic E-state index is -3.76. The maximum absolute atomic E-state index is 11.5. The number of hydrogen-bond acceptors (Lipinski definition) is 5. The van der Waals surface area contributed by atoms with Crippen LogP contribution in [0, 0.1) is 13.8 Å². The molecular weight excluding hydrogens is 290 g/mol. The van der Waals surface area contributed by atoms with Crippen molar-refractivity contribution in [2.75, 3.05) is 5.32 Å². The van der Waals surface area contributed by atoms with E-state index in [1.54, 1.807) is 31.2 Å². The standard InChI is InChI=1S/C14H17N3O3S/c1-9-6-7-13(18)12(17-9)8-16-11-4-3-5-14(10(11)2)21(15,19)20/h3-7,16,18H,8H2,1-2H3,(H2,15,19,20). The van der Waals surface area contributed by atoms with E-state index in [4.69, 9.17) is 5.14 Å². The second-order valence-corrected chi connectivity index (χ2v) is 6.28. The van der Waals surface area contributed by atoms with Gasteiger partial charge in [-0.3, -0.25) is 4.98 Å². The summed E-state index contributed by atoms with van der Waals surface area (Å²) in [5.41, 5.74) is 2.45. The van der Waals surface area contributed by atoms with Gasteiger partial charge in [0.05, 0.1) is 11.4 Å². The Morgan fingerprint density at radius 3 is 2.62 bits per heavy atom. The summed E-state index contributed by atoms with van der Waals surface area (Å²) in [5, 5.41) is 18.0. The van der Waals surface area contributed by atoms with Crippen molar-refractivity contribution in [3.8, 4) is 5.75 Å². The molecular formula is C14H17N3O3S. The van der Waals surface area contributed by atoms with Gasteiger partial charge in [0.25, 0.3) is 0 Å². The number of aryl methyl sites for hydroxylation is 1. The lowest BCUT2D eigenvalue weighted by Crippen LogP contribution is -2.14. The first-order chi connectivity index (χ1) is 9.79. The van der Waals surface area contributed by atoms with E-state index < -0.39 is 10.0 Å². The molecule has 0 aliphatic carbocycles. The normalized spacial score (nSPS) is 11.4. The van der Waals surface area contributed by atoms with Crippen LogP contribution in [0.2, 0.25) is 0 Å². The Kier molecular flexibility index (Phi) is 4.15. The quantitative estimate of drug-likeness (QED) is 0.796. The van der Waals surface area contributed by atoms with Gasteiger partial charge < -0.3 is 10.4 Å². The van der Waals surface area contributed by atoms with Crippen molar-refractivity contribution in [3.05, 3.63) is 47.3 Å². The molecule has 112 valence electrons. The van der Waals surface area contributed by atoms with Gasteiger partial charge in [-0.1, -0.05) is 6.07 Å². The van der Waals surface area contributed by atoms with E-state index in [0.717, 1.165) is 5.69 Å². The minimum absolute atomic E-state index is 0.0777. The molecule has 4 N–H and O–H groups in total. The van der Waals surface area contributed by atoms with Crippen LogP contribution < -0.4 is 10.5 Å². The second-order valence-electron chi connectivity index (χ2n) is 4.75. The molecule has 0 saturated heterocycles. The summed E-state index contributed by atoms with van der Waals surface area (Å²) in [6.07, 6.45) is 0. The lowest BCUT2D eigenvalue weighted by atomic mass is 10.2. The highest BCUT2D eigenvalue weighted by molar-refractivity contribution is 7.89. The van der Waals surface area contributed by atoms with Gasteiger partial charge in [0.15, 0.2) is 0 Å². The first-order valence-corrected chi connectivity index (χ1v) is 7.85. The van der Waals surface area contributed by atoms with E-state index in [2.05, 4.69) is 10.3 Å². The predicted octanol–water partition coefficient (Wildman–Crippen LogP) is 1.66. The Bertz CT molecular complexity index is 773. The van der Waals surface area contributed by atoms with Crippen molar-refractivity contribution in [2.24, 2.45) is 5.14 Å². The van der Waals surface area contributed by atoms with Crippen molar-refractivity contribution < 1.29 is 13.5 Å². The van der Waals surface area contributed by atoms with Crippen LogP contribution in [-0.4, -0.2) is 18.5 Å². The van der Waals surface area contributed by atoms with Crippen LogP contribution in [0.5, 0.6) is 5.75 Å². The Morgan fingerprint density at radius 1 is 1.24 bits per heavy atom. The molecule has 2 rings (SSSR count). The van der Waals surface area contributed by atoms with E-state index in [9.17, 15) is 13.5 Å². The zero-order valence-electron chi connectivity index (χ0n) is 11.8. The van der Waals surface area contributed by atoms with Gasteiger partial charge in [0.1, 0.15) is 11.4 Å². The van der Waals surface area contributed by atoms with Crippen molar-refractivity contribution in [3.63, 3.8) is 0 Å². The molecule has 0 amide bonds. The van der Waals surface area contributed by atoms with E-state index in [0.29, 0.717) is 16.9 Å². The molecule has 0 atom stereocenters. The smallest absolute Gasteiger partial charge is 0.238 e. The molecule has 0 aliphatic rings. The van der Waals surface area contributed by atoms with Gasteiger partial charge in [0.2, 0.25) is 10.0 Å². The van der Waals surface area contributed by atoms with Crippen LogP contribution in [0.3, 0.4) is 0 Å². The van der Waals surface area contributed by atoms with Gasteiger partial charge in [-0.25, -0.2) is 13.6 Å². The Hall–Kier alpha value is -2.12. The topological polar surface area (TPSA) is 105 Å². The van der Waals surface area contributed by atoms with Gasteiger partial charge >= 0.3 is 0 Å². The highest BCUT2D eigenvalue weighted by Crippen LogP contribution is 2.23. The van der Waals surface area contributed by atoms with Crippen LogP contribution in [0.15, 0.2) is 35.2 Å². The lowest BCUT2D eigenvalue weighted by Gasteiger charge is -2.12. The number of pyridine rings is 1. The summed E-state index contributed by atoms with van der Waals surface area (Å²) in [4.78, 5) is 4.31. The maximum atomic E-state index is 11.5. The second kappa shape index (κ2) is 5.71. The molecule has 0 bridgehead atoms. The number of aromatic hydroxyl groups is 1. The molecule has 0 radical (unpaired) electrons. The molecule has 0 aliphatic heterocycles. The van der Waals surface area contributed by atoms with Gasteiger partial charge in [0, 0.05) is 11.4 Å².